The molecule has 0 spiro atoms. The number of ether oxygens (including phenoxy) is 2. The maximum absolute atomic E-state index is 14.9. The third kappa shape index (κ3) is 4.66. The van der Waals surface area contributed by atoms with Gasteiger partial charge in [0.1, 0.15) is 28.2 Å². The van der Waals surface area contributed by atoms with Crippen molar-refractivity contribution in [2.24, 2.45) is 10.7 Å². The highest BCUT2D eigenvalue weighted by atomic mass is 32.2. The lowest BCUT2D eigenvalue weighted by atomic mass is 9.88. The van der Waals surface area contributed by atoms with E-state index >= 15 is 0 Å². The van der Waals surface area contributed by atoms with Gasteiger partial charge in [-0.05, 0) is 29.8 Å². The van der Waals surface area contributed by atoms with E-state index in [0.29, 0.717) is 11.7 Å². The van der Waals surface area contributed by atoms with Crippen LogP contribution in [0.2, 0.25) is 0 Å². The minimum atomic E-state index is -2.44. The highest BCUT2D eigenvalue weighted by molar-refractivity contribution is 7.80. The Balaban J connectivity index is 2.16. The topological polar surface area (TPSA) is 122 Å². The minimum Gasteiger partial charge on any atom is -0.481 e. The van der Waals surface area contributed by atoms with Crippen molar-refractivity contribution < 1.29 is 27.0 Å². The maximum Gasteiger partial charge on any atom is 0.215 e. The van der Waals surface area contributed by atoms with E-state index in [1.165, 1.54) is 14.2 Å². The summed E-state index contributed by atoms with van der Waals surface area (Å²) in [6.07, 6.45) is 0. The quantitative estimate of drug-likeness (QED) is 0.316. The van der Waals surface area contributed by atoms with Crippen LogP contribution in [-0.2, 0) is 28.0 Å². The zero-order valence-corrected chi connectivity index (χ0v) is 18.7. The van der Waals surface area contributed by atoms with E-state index in [2.05, 4.69) is 15.3 Å². The third-order valence-corrected chi connectivity index (χ3v) is 6.35. The molecule has 0 saturated carbocycles. The second-order valence-electron chi connectivity index (χ2n) is 7.28. The molecule has 1 aromatic heterocycles. The number of aromatic nitrogens is 1. The highest BCUT2D eigenvalue weighted by Crippen LogP contribution is 2.39. The van der Waals surface area contributed by atoms with Gasteiger partial charge in [0.25, 0.3) is 0 Å². The predicted octanol–water partition coefficient (Wildman–Crippen LogP) is 1.35. The van der Waals surface area contributed by atoms with Crippen LogP contribution < -0.4 is 20.7 Å². The fraction of sp³-hybridized carbons (Fsp3) is 0.400. The SMILES string of the molecule is CN=C(N)NC1(c2cc(F)ccc2F)CN(c2cc(COC)cc(OC)n2)CC1S(=O)O. The molecule has 0 radical (unpaired) electrons. The van der Waals surface area contributed by atoms with Crippen LogP contribution in [0.1, 0.15) is 11.1 Å². The number of pyridine rings is 1. The maximum atomic E-state index is 14.9. The lowest BCUT2D eigenvalue weighted by Gasteiger charge is -2.35. The molecule has 1 aliphatic heterocycles. The Bertz CT molecular complexity index is 1040. The second-order valence-corrected chi connectivity index (χ2v) is 8.41. The Morgan fingerprint density at radius 1 is 1.41 bits per heavy atom. The standard InChI is InChI=1S/C20H25F2N5O4S/c1-24-19(23)26-20(14-8-13(21)4-5-15(14)22)11-27(9-16(20)32(28)29)17-6-12(10-30-2)7-18(25-17)31-3/h4-8,16H,9-11H2,1-3H3,(H,28,29)(H3,23,24,26). The molecule has 9 nitrogen and oxygen atoms in total. The van der Waals surface area contributed by atoms with E-state index in [1.54, 1.807) is 24.1 Å². The molecule has 0 amide bonds. The van der Waals surface area contributed by atoms with Crippen LogP contribution in [-0.4, -0.2) is 59.3 Å². The first-order valence-electron chi connectivity index (χ1n) is 9.58. The number of nitrogens with two attached hydrogens (primary N) is 1. The Hall–Kier alpha value is -2.83. The normalized spacial score (nSPS) is 22.1. The van der Waals surface area contributed by atoms with Crippen LogP contribution in [0, 0.1) is 11.6 Å². The monoisotopic (exact) mass is 469 g/mol. The lowest BCUT2D eigenvalue weighted by Crippen LogP contribution is -2.57. The molecule has 0 bridgehead atoms. The molecule has 1 aliphatic rings. The molecular formula is C20H25F2N5O4S. The molecular weight excluding hydrogens is 444 g/mol. The van der Waals surface area contributed by atoms with Gasteiger partial charge in [-0.15, -0.1) is 0 Å². The fourth-order valence-corrected chi connectivity index (χ4v) is 4.78. The molecule has 4 N–H and O–H groups in total. The summed E-state index contributed by atoms with van der Waals surface area (Å²) in [5.74, 6) is -0.812. The van der Waals surface area contributed by atoms with Crippen LogP contribution in [0.3, 0.4) is 0 Å². The molecule has 2 heterocycles. The first kappa shape index (κ1) is 23.8. The van der Waals surface area contributed by atoms with Gasteiger partial charge in [-0.1, -0.05) is 0 Å². The van der Waals surface area contributed by atoms with Gasteiger partial charge in [0.15, 0.2) is 17.0 Å². The number of benzene rings is 1. The van der Waals surface area contributed by atoms with Gasteiger partial charge in [0.2, 0.25) is 5.88 Å². The summed E-state index contributed by atoms with van der Waals surface area (Å²) in [6.45, 7) is 0.231. The van der Waals surface area contributed by atoms with Crippen LogP contribution in [0.4, 0.5) is 14.6 Å². The lowest BCUT2D eigenvalue weighted by molar-refractivity contribution is 0.184. The van der Waals surface area contributed by atoms with E-state index in [9.17, 15) is 17.5 Å². The van der Waals surface area contributed by atoms with Crippen molar-refractivity contribution in [3.63, 3.8) is 0 Å². The molecule has 2 aromatic rings. The summed E-state index contributed by atoms with van der Waals surface area (Å²) in [4.78, 5) is 9.95. The third-order valence-electron chi connectivity index (χ3n) is 5.31. The Morgan fingerprint density at radius 2 is 2.16 bits per heavy atom. The van der Waals surface area contributed by atoms with Crippen molar-refractivity contribution in [2.45, 2.75) is 17.4 Å². The van der Waals surface area contributed by atoms with Gasteiger partial charge in [0, 0.05) is 38.9 Å². The number of hydrogen-bond acceptors (Lipinski definition) is 6. The molecule has 3 rings (SSSR count). The number of aliphatic imine (C=N–C) groups is 1. The first-order chi connectivity index (χ1) is 15.2. The number of anilines is 1. The number of rotatable bonds is 7. The molecule has 1 saturated heterocycles. The van der Waals surface area contributed by atoms with Gasteiger partial charge >= 0.3 is 0 Å². The van der Waals surface area contributed by atoms with Gasteiger partial charge in [-0.3, -0.25) is 4.99 Å². The summed E-state index contributed by atoms with van der Waals surface area (Å²) in [5, 5.41) is 1.77. The van der Waals surface area contributed by atoms with Crippen molar-refractivity contribution in [1.82, 2.24) is 10.3 Å². The number of nitrogens with one attached hydrogen (secondary N) is 1. The van der Waals surface area contributed by atoms with E-state index in [-0.39, 0.29) is 31.2 Å². The molecule has 3 unspecified atom stereocenters. The Kier molecular flexibility index (Phi) is 7.26. The Labute approximate surface area is 186 Å². The molecule has 174 valence electrons. The summed E-state index contributed by atoms with van der Waals surface area (Å²) in [7, 11) is 4.42. The Morgan fingerprint density at radius 3 is 2.78 bits per heavy atom. The molecule has 32 heavy (non-hydrogen) atoms. The number of nitrogens with zero attached hydrogens (tertiary/aromatic N) is 3. The van der Waals surface area contributed by atoms with Crippen LogP contribution in [0.25, 0.3) is 0 Å². The van der Waals surface area contributed by atoms with E-state index in [4.69, 9.17) is 15.2 Å². The average molecular weight is 470 g/mol. The highest BCUT2D eigenvalue weighted by Gasteiger charge is 2.53. The van der Waals surface area contributed by atoms with E-state index < -0.39 is 33.5 Å². The zero-order chi connectivity index (χ0) is 23.5. The number of halogens is 2. The summed E-state index contributed by atoms with van der Waals surface area (Å²) >= 11 is -2.44. The largest absolute Gasteiger partial charge is 0.481 e. The van der Waals surface area contributed by atoms with Crippen LogP contribution in [0.5, 0.6) is 5.88 Å². The van der Waals surface area contributed by atoms with E-state index in [0.717, 1.165) is 23.8 Å². The predicted molar refractivity (Wildman–Crippen MR) is 117 cm³/mol. The summed E-state index contributed by atoms with van der Waals surface area (Å²) in [5.41, 5.74) is 4.94. The van der Waals surface area contributed by atoms with Gasteiger partial charge in [-0.25, -0.2) is 13.0 Å². The van der Waals surface area contributed by atoms with Crippen LogP contribution >= 0.6 is 0 Å². The van der Waals surface area contributed by atoms with Gasteiger partial charge in [-0.2, -0.15) is 4.98 Å². The first-order valence-corrected chi connectivity index (χ1v) is 10.8. The zero-order valence-electron chi connectivity index (χ0n) is 17.8. The molecule has 1 aromatic carbocycles. The molecule has 12 heteroatoms. The number of hydrogen-bond donors (Lipinski definition) is 3. The van der Waals surface area contributed by atoms with Crippen molar-refractivity contribution in [2.75, 3.05) is 39.3 Å². The van der Waals surface area contributed by atoms with Crippen molar-refractivity contribution in [3.8, 4) is 5.88 Å². The van der Waals surface area contributed by atoms with Gasteiger partial charge < -0.3 is 30.0 Å². The second kappa shape index (κ2) is 9.76. The van der Waals surface area contributed by atoms with Crippen molar-refractivity contribution >= 4 is 22.9 Å². The van der Waals surface area contributed by atoms with Crippen LogP contribution in [0.15, 0.2) is 35.3 Å². The number of guanidine groups is 1. The van der Waals surface area contributed by atoms with Crippen molar-refractivity contribution in [3.05, 3.63) is 53.1 Å². The smallest absolute Gasteiger partial charge is 0.215 e. The van der Waals surface area contributed by atoms with Crippen molar-refractivity contribution in [1.29, 1.82) is 0 Å². The average Bonchev–Trinajstić information content (AvgIpc) is 3.15. The summed E-state index contributed by atoms with van der Waals surface area (Å²) in [6, 6.07) is 6.36. The number of methoxy groups -OCH3 is 2. The fourth-order valence-electron chi connectivity index (χ4n) is 3.86. The molecule has 1 fully saturated rings. The summed E-state index contributed by atoms with van der Waals surface area (Å²) < 4.78 is 62.1. The molecule has 3 atom stereocenters. The minimum absolute atomic E-state index is 0.00432. The van der Waals surface area contributed by atoms with E-state index in [1.807, 2.05) is 0 Å². The van der Waals surface area contributed by atoms with Gasteiger partial charge in [0.05, 0.1) is 13.7 Å². The molecule has 0 aliphatic carbocycles.